The van der Waals surface area contributed by atoms with Crippen molar-refractivity contribution in [1.29, 1.82) is 0 Å². The Morgan fingerprint density at radius 2 is 1.17 bits per heavy atom. The van der Waals surface area contributed by atoms with Gasteiger partial charge < -0.3 is 9.97 Å². The first kappa shape index (κ1) is 24.9. The van der Waals surface area contributed by atoms with Crippen molar-refractivity contribution >= 4 is 66.5 Å². The van der Waals surface area contributed by atoms with Crippen LogP contribution in [0.3, 0.4) is 0 Å². The Morgan fingerprint density at radius 3 is 1.78 bits per heavy atom. The maximum Gasteiger partial charge on any atom is 0.0693 e. The van der Waals surface area contributed by atoms with Crippen LogP contribution in [-0.4, -0.2) is 15.0 Å². The maximum absolute atomic E-state index is 6.73. The lowest BCUT2D eigenvalue weighted by atomic mass is 10.0. The van der Waals surface area contributed by atoms with E-state index in [0.29, 0.717) is 10.1 Å². The predicted molar refractivity (Wildman–Crippen MR) is 157 cm³/mol. The van der Waals surface area contributed by atoms with Crippen LogP contribution in [0, 0.1) is 6.92 Å². The number of nitrogens with one attached hydrogen (secondary N) is 2. The summed E-state index contributed by atoms with van der Waals surface area (Å²) in [4.78, 5) is 12.5. The van der Waals surface area contributed by atoms with Crippen LogP contribution in [0.4, 0.5) is 0 Å². The van der Waals surface area contributed by atoms with Gasteiger partial charge in [0.2, 0.25) is 0 Å². The molecule has 0 unspecified atom stereocenters. The zero-order chi connectivity index (χ0) is 25.7. The second kappa shape index (κ2) is 9.61. The summed E-state index contributed by atoms with van der Waals surface area (Å²) in [5.41, 5.74) is 16.0. The van der Waals surface area contributed by atoms with Crippen LogP contribution in [0.5, 0.6) is 0 Å². The number of aryl methyl sites for hydroxylation is 4. The maximum atomic E-state index is 6.73. The normalized spacial score (nSPS) is 13.8. The van der Waals surface area contributed by atoms with Gasteiger partial charge in [0.15, 0.2) is 0 Å². The summed E-state index contributed by atoms with van der Waals surface area (Å²) in [6.45, 7) is 13.2. The Labute approximate surface area is 223 Å². The van der Waals surface area contributed by atoms with Crippen molar-refractivity contribution in [2.45, 2.75) is 67.2 Å². The lowest BCUT2D eigenvalue weighted by Gasteiger charge is -2.01. The van der Waals surface area contributed by atoms with E-state index in [-0.39, 0.29) is 0 Å². The van der Waals surface area contributed by atoms with Crippen LogP contribution in [0.1, 0.15) is 85.8 Å². The fourth-order valence-corrected chi connectivity index (χ4v) is 6.19. The summed E-state index contributed by atoms with van der Waals surface area (Å²) in [7, 11) is 0. The van der Waals surface area contributed by atoms with Gasteiger partial charge in [-0.15, -0.1) is 0 Å². The molecule has 0 saturated heterocycles. The number of rotatable bonds is 4. The van der Waals surface area contributed by atoms with Crippen molar-refractivity contribution in [2.75, 3.05) is 0 Å². The van der Waals surface area contributed by atoms with Gasteiger partial charge in [-0.2, -0.15) is 0 Å². The molecule has 0 fully saturated rings. The van der Waals surface area contributed by atoms with E-state index in [1.165, 1.54) is 38.9 Å². The van der Waals surface area contributed by atoms with Crippen molar-refractivity contribution in [3.63, 3.8) is 0 Å². The molecule has 1 aliphatic carbocycles. The molecule has 0 saturated carbocycles. The summed E-state index contributed by atoms with van der Waals surface area (Å²) in [6, 6.07) is 10.8. The van der Waals surface area contributed by atoms with Crippen molar-refractivity contribution in [1.82, 2.24) is 15.0 Å². The molecule has 186 valence electrons. The monoisotopic (exact) mass is 517 g/mol. The quantitative estimate of drug-likeness (QED) is 0.355. The van der Waals surface area contributed by atoms with Crippen LogP contribution in [-0.2, 0) is 19.3 Å². The number of nitrogens with zero attached hydrogens (tertiary/aromatic N) is 1. The largest absolute Gasteiger partial charge is 0.355 e. The van der Waals surface area contributed by atoms with Gasteiger partial charge in [0.25, 0.3) is 0 Å². The van der Waals surface area contributed by atoms with E-state index >= 15 is 0 Å². The molecule has 0 amide bonds. The molecule has 4 heterocycles. The molecule has 0 spiro atoms. The summed E-state index contributed by atoms with van der Waals surface area (Å²) in [6.07, 6.45) is 3.79. The van der Waals surface area contributed by atoms with Crippen LogP contribution in [0.25, 0.3) is 43.3 Å². The van der Waals surface area contributed by atoms with Crippen molar-refractivity contribution < 1.29 is 0 Å². The van der Waals surface area contributed by atoms with Crippen molar-refractivity contribution in [3.8, 4) is 0 Å². The molecule has 36 heavy (non-hydrogen) atoms. The number of allylic oxidation sites excluding steroid dienone is 2. The van der Waals surface area contributed by atoms with Gasteiger partial charge in [-0.1, -0.05) is 50.9 Å². The third-order valence-corrected chi connectivity index (χ3v) is 8.62. The van der Waals surface area contributed by atoms with E-state index in [4.69, 9.17) is 28.2 Å². The topological polar surface area (TPSA) is 44.5 Å². The molecule has 5 heteroatoms. The summed E-state index contributed by atoms with van der Waals surface area (Å²) >= 11 is 13.5. The number of aromatic amines is 2. The fraction of sp³-hybridized carbons (Fsp3) is 0.323. The van der Waals surface area contributed by atoms with Crippen LogP contribution in [0.2, 0.25) is 0 Å². The molecule has 5 rings (SSSR count). The summed E-state index contributed by atoms with van der Waals surface area (Å²) < 4.78 is 0. The molecular formula is C31H33Cl2N3. The molecule has 0 atom stereocenters. The van der Waals surface area contributed by atoms with Gasteiger partial charge in [0.05, 0.1) is 21.5 Å². The number of halogens is 2. The van der Waals surface area contributed by atoms with Crippen molar-refractivity contribution in [2.24, 2.45) is 0 Å². The molecule has 0 radical (unpaired) electrons. The van der Waals surface area contributed by atoms with Crippen molar-refractivity contribution in [3.05, 3.63) is 75.1 Å². The highest BCUT2D eigenvalue weighted by Gasteiger charge is 2.20. The van der Waals surface area contributed by atoms with E-state index < -0.39 is 0 Å². The van der Waals surface area contributed by atoms with Crippen LogP contribution in [0.15, 0.2) is 30.3 Å². The third-order valence-electron chi connectivity index (χ3n) is 7.71. The first-order valence-electron chi connectivity index (χ1n) is 13.0. The number of aromatic nitrogens is 3. The first-order chi connectivity index (χ1) is 17.3. The number of H-pyrrole nitrogens is 2. The minimum Gasteiger partial charge on any atom is -0.355 e. The lowest BCUT2D eigenvalue weighted by Crippen LogP contribution is -1.86. The minimum atomic E-state index is 0.569. The Balaban J connectivity index is 2.01. The second-order valence-corrected chi connectivity index (χ2v) is 10.4. The molecule has 2 aliphatic rings. The highest BCUT2D eigenvalue weighted by atomic mass is 35.5. The van der Waals surface area contributed by atoms with E-state index in [1.54, 1.807) is 0 Å². The lowest BCUT2D eigenvalue weighted by molar-refractivity contribution is 1.07. The molecule has 0 aromatic carbocycles. The number of hydrogen-bond acceptors (Lipinski definition) is 1. The molecule has 3 aromatic heterocycles. The average molecular weight is 519 g/mol. The first-order valence-corrected chi connectivity index (χ1v) is 13.7. The zero-order valence-corrected chi connectivity index (χ0v) is 23.4. The Bertz CT molecular complexity index is 1610. The van der Waals surface area contributed by atoms with Crippen LogP contribution < -0.4 is 0 Å². The molecular weight excluding hydrogens is 485 g/mol. The van der Waals surface area contributed by atoms with E-state index in [2.05, 4.69) is 81.8 Å². The Hall–Kier alpha value is -2.75. The number of fused-ring (bicyclic) bond motifs is 8. The van der Waals surface area contributed by atoms with Gasteiger partial charge >= 0.3 is 0 Å². The fourth-order valence-electron chi connectivity index (χ4n) is 5.75. The molecule has 3 nitrogen and oxygen atoms in total. The zero-order valence-electron chi connectivity index (χ0n) is 21.9. The van der Waals surface area contributed by atoms with E-state index in [0.717, 1.165) is 64.7 Å². The Morgan fingerprint density at radius 1 is 0.611 bits per heavy atom. The number of hydrogen-bond donors (Lipinski definition) is 2. The van der Waals surface area contributed by atoms with Crippen LogP contribution >= 0.6 is 23.2 Å². The molecule has 8 bridgehead atoms. The van der Waals surface area contributed by atoms with Gasteiger partial charge in [0.1, 0.15) is 0 Å². The molecule has 2 N–H and O–H groups in total. The smallest absolute Gasteiger partial charge is 0.0693 e. The predicted octanol–water partition coefficient (Wildman–Crippen LogP) is 9.56. The highest BCUT2D eigenvalue weighted by molar-refractivity contribution is 6.66. The van der Waals surface area contributed by atoms with Gasteiger partial charge in [-0.25, -0.2) is 4.98 Å². The summed E-state index contributed by atoms with van der Waals surface area (Å²) in [5, 5.41) is 1.14. The van der Waals surface area contributed by atoms with Gasteiger partial charge in [0, 0.05) is 22.1 Å². The molecule has 3 aromatic rings. The standard InChI is InChI=1S/C31H33Cl2N3/c1-7-20-16(5)24-12-18-11-19(31(33)30(18)32)13-25-17(6)21(8-2)27(35-25)15-29-23(10-4)22(9-3)28(36-29)14-26(20)34-24/h11-15,34,36H,7-10H2,1-6H3. The minimum absolute atomic E-state index is 0.569. The second-order valence-electron chi connectivity index (χ2n) is 9.63. The molecule has 1 aliphatic heterocycles. The van der Waals surface area contributed by atoms with Gasteiger partial charge in [-0.3, -0.25) is 0 Å². The SMILES string of the molecule is CCC1=C(C)c2cc3cc(cc4[nH]c(cc5[nH]c(cc1n2)c(CC)c5CC)c(CC)c4C)C(Cl)=C3Cl. The Kier molecular flexibility index (Phi) is 6.65. The van der Waals surface area contributed by atoms with E-state index in [1.807, 2.05) is 0 Å². The third kappa shape index (κ3) is 3.93. The van der Waals surface area contributed by atoms with Gasteiger partial charge in [-0.05, 0) is 114 Å². The van der Waals surface area contributed by atoms with E-state index in [9.17, 15) is 0 Å². The highest BCUT2D eigenvalue weighted by Crippen LogP contribution is 2.40. The average Bonchev–Trinajstić information content (AvgIpc) is 3.53. The summed E-state index contributed by atoms with van der Waals surface area (Å²) in [5.74, 6) is 0.